The van der Waals surface area contributed by atoms with Gasteiger partial charge in [-0.3, -0.25) is 0 Å². The molecule has 2 heterocycles. The zero-order valence-corrected chi connectivity index (χ0v) is 12.7. The first-order chi connectivity index (χ1) is 8.58. The quantitative estimate of drug-likeness (QED) is 0.790. The summed E-state index contributed by atoms with van der Waals surface area (Å²) >= 11 is 11.0. The van der Waals surface area contributed by atoms with Gasteiger partial charge in [0, 0.05) is 13.6 Å². The fourth-order valence-corrected chi connectivity index (χ4v) is 2.93. The zero-order valence-electron chi connectivity index (χ0n) is 9.52. The van der Waals surface area contributed by atoms with Gasteiger partial charge >= 0.3 is 0 Å². The number of nitriles is 1. The predicted octanol–water partition coefficient (Wildman–Crippen LogP) is 4.07. The number of halogens is 2. The maximum atomic E-state index is 8.90. The molecule has 2 aromatic rings. The minimum atomic E-state index is 0.336. The number of hydrogen-bond acceptors (Lipinski definition) is 4. The van der Waals surface area contributed by atoms with Crippen molar-refractivity contribution >= 4 is 44.7 Å². The summed E-state index contributed by atoms with van der Waals surface area (Å²) in [6, 6.07) is 7.43. The second kappa shape index (κ2) is 5.70. The summed E-state index contributed by atoms with van der Waals surface area (Å²) in [7, 11) is 1.92. The molecule has 0 aliphatic rings. The van der Waals surface area contributed by atoms with E-state index in [4.69, 9.17) is 16.9 Å². The molecule has 3 nitrogen and oxygen atoms in total. The number of thiophene rings is 1. The molecule has 0 bridgehead atoms. The highest BCUT2D eigenvalue weighted by Crippen LogP contribution is 2.23. The van der Waals surface area contributed by atoms with E-state index in [0.29, 0.717) is 16.5 Å². The number of nitrogens with zero attached hydrogens (tertiary/aromatic N) is 3. The van der Waals surface area contributed by atoms with Crippen LogP contribution in [0, 0.1) is 11.3 Å². The van der Waals surface area contributed by atoms with Gasteiger partial charge in [0.2, 0.25) is 0 Å². The van der Waals surface area contributed by atoms with Crippen molar-refractivity contribution in [3.05, 3.63) is 43.6 Å². The third-order valence-electron chi connectivity index (χ3n) is 2.34. The van der Waals surface area contributed by atoms with Gasteiger partial charge in [-0.15, -0.1) is 11.3 Å². The van der Waals surface area contributed by atoms with Crippen LogP contribution < -0.4 is 4.90 Å². The van der Waals surface area contributed by atoms with Gasteiger partial charge in [0.25, 0.3) is 0 Å². The third kappa shape index (κ3) is 3.22. The van der Waals surface area contributed by atoms with Crippen molar-refractivity contribution in [3.8, 4) is 6.07 Å². The van der Waals surface area contributed by atoms with Crippen molar-refractivity contribution in [2.75, 3.05) is 11.9 Å². The average Bonchev–Trinajstić information content (AvgIpc) is 2.73. The SMILES string of the molecule is CN(Cc1csc(Br)c1)c1cc(C#N)cc(Cl)n1. The molecule has 0 saturated heterocycles. The maximum Gasteiger partial charge on any atom is 0.132 e. The van der Waals surface area contributed by atoms with Crippen molar-refractivity contribution in [3.63, 3.8) is 0 Å². The highest BCUT2D eigenvalue weighted by molar-refractivity contribution is 9.11. The van der Waals surface area contributed by atoms with E-state index in [1.165, 1.54) is 5.56 Å². The van der Waals surface area contributed by atoms with Gasteiger partial charge in [0.05, 0.1) is 15.4 Å². The molecule has 6 heteroatoms. The number of aromatic nitrogens is 1. The average molecular weight is 343 g/mol. The minimum Gasteiger partial charge on any atom is -0.355 e. The molecule has 0 fully saturated rings. The number of rotatable bonds is 3. The van der Waals surface area contributed by atoms with E-state index >= 15 is 0 Å². The summed E-state index contributed by atoms with van der Waals surface area (Å²) in [5.74, 6) is 0.696. The van der Waals surface area contributed by atoms with Crippen LogP contribution in [0.3, 0.4) is 0 Å². The minimum absolute atomic E-state index is 0.336. The molecule has 92 valence electrons. The lowest BCUT2D eigenvalue weighted by molar-refractivity contribution is 0.901. The molecule has 0 atom stereocenters. The molecular formula is C12H9BrClN3S. The van der Waals surface area contributed by atoms with Crippen LogP contribution >= 0.6 is 38.9 Å². The van der Waals surface area contributed by atoms with Crippen molar-refractivity contribution in [2.24, 2.45) is 0 Å². The predicted molar refractivity (Wildman–Crippen MR) is 78.1 cm³/mol. The molecule has 0 aliphatic heterocycles. The topological polar surface area (TPSA) is 39.9 Å². The van der Waals surface area contributed by atoms with E-state index in [9.17, 15) is 0 Å². The summed E-state index contributed by atoms with van der Waals surface area (Å²) in [5, 5.41) is 11.3. The Bertz CT molecular complexity index is 606. The molecule has 0 N–H and O–H groups in total. The molecule has 0 aromatic carbocycles. The highest BCUT2D eigenvalue weighted by atomic mass is 79.9. The smallest absolute Gasteiger partial charge is 0.132 e. The van der Waals surface area contributed by atoms with E-state index in [1.54, 1.807) is 23.5 Å². The Labute approximate surface area is 123 Å². The fraction of sp³-hybridized carbons (Fsp3) is 0.167. The Kier molecular flexibility index (Phi) is 4.23. The van der Waals surface area contributed by atoms with Crippen molar-refractivity contribution in [2.45, 2.75) is 6.54 Å². The van der Waals surface area contributed by atoms with Crippen LogP contribution in [0.15, 0.2) is 27.4 Å². The van der Waals surface area contributed by atoms with Crippen molar-refractivity contribution in [1.82, 2.24) is 4.98 Å². The van der Waals surface area contributed by atoms with Gasteiger partial charge in [-0.05, 0) is 45.1 Å². The molecule has 0 spiro atoms. The largest absolute Gasteiger partial charge is 0.355 e. The molecule has 0 saturated carbocycles. The second-order valence-corrected chi connectivity index (χ2v) is 6.44. The first kappa shape index (κ1) is 13.3. The Morgan fingerprint density at radius 1 is 1.50 bits per heavy atom. The van der Waals surface area contributed by atoms with E-state index in [-0.39, 0.29) is 0 Å². The summed E-state index contributed by atoms with van der Waals surface area (Å²) in [6.07, 6.45) is 0. The number of anilines is 1. The lowest BCUT2D eigenvalue weighted by atomic mass is 10.2. The molecule has 2 aromatic heterocycles. The van der Waals surface area contributed by atoms with Gasteiger partial charge in [0.1, 0.15) is 11.0 Å². The van der Waals surface area contributed by atoms with Gasteiger partial charge in [-0.1, -0.05) is 11.6 Å². The molecule has 2 rings (SSSR count). The second-order valence-electron chi connectivity index (χ2n) is 3.76. The summed E-state index contributed by atoms with van der Waals surface area (Å²) in [6.45, 7) is 0.723. The van der Waals surface area contributed by atoms with Crippen LogP contribution in [-0.2, 0) is 6.54 Å². The van der Waals surface area contributed by atoms with Crippen molar-refractivity contribution < 1.29 is 0 Å². The van der Waals surface area contributed by atoms with Crippen LogP contribution in [0.1, 0.15) is 11.1 Å². The molecule has 0 radical (unpaired) electrons. The van der Waals surface area contributed by atoms with Crippen LogP contribution in [0.25, 0.3) is 0 Å². The standard InChI is InChI=1S/C12H9BrClN3S/c1-17(6-9-2-10(13)18-7-9)12-4-8(5-15)3-11(14)16-12/h2-4,7H,6H2,1H3. The van der Waals surface area contributed by atoms with Gasteiger partial charge in [0.15, 0.2) is 0 Å². The molecule has 18 heavy (non-hydrogen) atoms. The van der Waals surface area contributed by atoms with Crippen LogP contribution in [0.5, 0.6) is 0 Å². The first-order valence-electron chi connectivity index (χ1n) is 5.10. The molecule has 0 unspecified atom stereocenters. The Hall–Kier alpha value is -1.09. The van der Waals surface area contributed by atoms with E-state index in [0.717, 1.165) is 10.3 Å². The molecule has 0 amide bonds. The van der Waals surface area contributed by atoms with Crippen LogP contribution in [0.2, 0.25) is 5.15 Å². The normalized spacial score (nSPS) is 10.1. The number of pyridine rings is 1. The fourth-order valence-electron chi connectivity index (χ4n) is 1.53. The van der Waals surface area contributed by atoms with Gasteiger partial charge < -0.3 is 4.90 Å². The van der Waals surface area contributed by atoms with E-state index < -0.39 is 0 Å². The maximum absolute atomic E-state index is 8.90. The lowest BCUT2D eigenvalue weighted by Gasteiger charge is -2.17. The first-order valence-corrected chi connectivity index (χ1v) is 7.15. The highest BCUT2D eigenvalue weighted by Gasteiger charge is 2.08. The molecular weight excluding hydrogens is 334 g/mol. The van der Waals surface area contributed by atoms with E-state index in [1.807, 2.05) is 11.9 Å². The summed E-state index contributed by atoms with van der Waals surface area (Å²) in [5.41, 5.74) is 1.71. The molecule has 0 aliphatic carbocycles. The van der Waals surface area contributed by atoms with Crippen LogP contribution in [-0.4, -0.2) is 12.0 Å². The Morgan fingerprint density at radius 2 is 2.28 bits per heavy atom. The zero-order chi connectivity index (χ0) is 13.1. The summed E-state index contributed by atoms with van der Waals surface area (Å²) in [4.78, 5) is 6.18. The van der Waals surface area contributed by atoms with Crippen molar-refractivity contribution in [1.29, 1.82) is 5.26 Å². The number of hydrogen-bond donors (Lipinski definition) is 0. The monoisotopic (exact) mass is 341 g/mol. The lowest BCUT2D eigenvalue weighted by Crippen LogP contribution is -2.17. The van der Waals surface area contributed by atoms with Gasteiger partial charge in [-0.2, -0.15) is 5.26 Å². The Morgan fingerprint density at radius 3 is 2.89 bits per heavy atom. The van der Waals surface area contributed by atoms with Crippen LogP contribution in [0.4, 0.5) is 5.82 Å². The van der Waals surface area contributed by atoms with E-state index in [2.05, 4.69) is 38.4 Å². The van der Waals surface area contributed by atoms with Gasteiger partial charge in [-0.25, -0.2) is 4.98 Å². The summed E-state index contributed by atoms with van der Waals surface area (Å²) < 4.78 is 1.10. The third-order valence-corrected chi connectivity index (χ3v) is 4.09. The Balaban J connectivity index is 2.21.